The molecule has 5 rings (SSSR count). The first-order chi connectivity index (χ1) is 16.5. The average molecular weight is 504 g/mol. The number of likely N-dealkylation sites (tertiary alicyclic amines) is 2. The molecule has 4 aliphatic rings. The molecule has 34 heavy (non-hydrogen) atoms. The van der Waals surface area contributed by atoms with Crippen LogP contribution in [0, 0.1) is 11.8 Å². The van der Waals surface area contributed by atoms with Crippen LogP contribution in [0.3, 0.4) is 0 Å². The lowest BCUT2D eigenvalue weighted by Gasteiger charge is -2.48. The topological polar surface area (TPSA) is 88.2 Å². The van der Waals surface area contributed by atoms with Gasteiger partial charge in [-0.1, -0.05) is 29.3 Å². The molecule has 0 saturated carbocycles. The van der Waals surface area contributed by atoms with Crippen LogP contribution in [0.2, 0.25) is 10.0 Å². The molecule has 1 aromatic carbocycles. The number of guanidine groups is 1. The highest BCUT2D eigenvalue weighted by atomic mass is 35.5. The van der Waals surface area contributed by atoms with E-state index < -0.39 is 0 Å². The molecule has 0 radical (unpaired) electrons. The lowest BCUT2D eigenvalue weighted by molar-refractivity contribution is 0.0535. The Labute approximate surface area is 210 Å². The Morgan fingerprint density at radius 3 is 2.88 bits per heavy atom. The minimum Gasteiger partial charge on any atom is -0.395 e. The largest absolute Gasteiger partial charge is 0.395 e. The van der Waals surface area contributed by atoms with E-state index in [4.69, 9.17) is 33.2 Å². The van der Waals surface area contributed by atoms with E-state index in [1.807, 2.05) is 25.3 Å². The summed E-state index contributed by atoms with van der Waals surface area (Å²) in [6, 6.07) is 4.97. The number of rotatable bonds is 5. The second-order valence-corrected chi connectivity index (χ2v) is 10.4. The van der Waals surface area contributed by atoms with Crippen LogP contribution in [0.5, 0.6) is 0 Å². The van der Waals surface area contributed by atoms with E-state index >= 15 is 0 Å². The zero-order valence-electron chi connectivity index (χ0n) is 19.3. The Kier molecular flexibility index (Phi) is 7.20. The molecule has 8 nitrogen and oxygen atoms in total. The van der Waals surface area contributed by atoms with Crippen molar-refractivity contribution in [3.63, 3.8) is 0 Å². The van der Waals surface area contributed by atoms with Gasteiger partial charge in [-0.05, 0) is 55.8 Å². The molecule has 0 amide bonds. The smallest absolute Gasteiger partial charge is 0.200 e. The number of piperidine rings is 1. The van der Waals surface area contributed by atoms with Crippen LogP contribution >= 0.6 is 23.2 Å². The van der Waals surface area contributed by atoms with Gasteiger partial charge >= 0.3 is 0 Å². The highest BCUT2D eigenvalue weighted by molar-refractivity contribution is 6.35. The van der Waals surface area contributed by atoms with Gasteiger partial charge in [-0.15, -0.1) is 0 Å². The molecule has 0 spiro atoms. The Hall–Kier alpha value is -2.00. The quantitative estimate of drug-likeness (QED) is 0.646. The van der Waals surface area contributed by atoms with Gasteiger partial charge < -0.3 is 20.2 Å². The number of nitrogens with zero attached hydrogens (tertiary/aromatic N) is 6. The maximum absolute atomic E-state index is 9.29. The summed E-state index contributed by atoms with van der Waals surface area (Å²) in [7, 11) is 0. The molecular formula is C24H31Cl2N7O. The van der Waals surface area contributed by atoms with Crippen LogP contribution in [-0.2, 0) is 0 Å². The standard InChI is InChI=1S/C24H31Cl2N7O/c1-15(19-5-4-18(25)9-20(19)26)29-23-22-21(10-27-14-28-22)30-24(31-23)33-12-17(13-33)16-3-2-6-32(11-16)7-8-34/h4-5,9-10,14-17,21-22,34H,2-3,6-8,11-13H2,1H3,(H,29,30,31)/t15-,16+,21?,22?/m1/s1. The predicted molar refractivity (Wildman–Crippen MR) is 139 cm³/mol. The van der Waals surface area contributed by atoms with E-state index in [9.17, 15) is 5.11 Å². The molecule has 2 saturated heterocycles. The fraction of sp³-hybridized carbons (Fsp3) is 0.583. The molecule has 182 valence electrons. The van der Waals surface area contributed by atoms with Gasteiger partial charge in [0.15, 0.2) is 5.96 Å². The highest BCUT2D eigenvalue weighted by Crippen LogP contribution is 2.32. The van der Waals surface area contributed by atoms with Gasteiger partial charge in [0.1, 0.15) is 24.3 Å². The summed E-state index contributed by atoms with van der Waals surface area (Å²) in [5.41, 5.74) is 0.920. The Balaban J connectivity index is 1.29. The molecule has 2 N–H and O–H groups in total. The molecule has 4 atom stereocenters. The minimum absolute atomic E-state index is 0.162. The monoisotopic (exact) mass is 503 g/mol. The van der Waals surface area contributed by atoms with E-state index in [1.165, 1.54) is 12.8 Å². The SMILES string of the molecule is C[C@@H](N=C1NC(N2CC([C@H]3CCCN(CCO)C3)C2)=NC2C=NC=NC12)c1ccc(Cl)cc1Cl. The van der Waals surface area contributed by atoms with Crippen molar-refractivity contribution < 1.29 is 5.11 Å². The van der Waals surface area contributed by atoms with E-state index in [-0.39, 0.29) is 24.7 Å². The zero-order valence-corrected chi connectivity index (χ0v) is 20.8. The fourth-order valence-electron chi connectivity index (χ4n) is 5.30. The van der Waals surface area contributed by atoms with E-state index in [0.717, 1.165) is 50.1 Å². The number of nitrogens with one attached hydrogen (secondary N) is 1. The van der Waals surface area contributed by atoms with Crippen molar-refractivity contribution in [1.82, 2.24) is 15.1 Å². The number of aliphatic imine (C=N–C) groups is 4. The molecule has 4 heterocycles. The first kappa shape index (κ1) is 23.7. The number of hydrogen-bond donors (Lipinski definition) is 2. The summed E-state index contributed by atoms with van der Waals surface area (Å²) >= 11 is 12.5. The summed E-state index contributed by atoms with van der Waals surface area (Å²) in [5.74, 6) is 2.95. The lowest BCUT2D eigenvalue weighted by Crippen LogP contribution is -2.62. The third kappa shape index (κ3) is 5.00. The van der Waals surface area contributed by atoms with Crippen molar-refractivity contribution >= 4 is 47.6 Å². The summed E-state index contributed by atoms with van der Waals surface area (Å²) < 4.78 is 0. The van der Waals surface area contributed by atoms with E-state index in [0.29, 0.717) is 21.9 Å². The Morgan fingerprint density at radius 2 is 2.09 bits per heavy atom. The van der Waals surface area contributed by atoms with Crippen molar-refractivity contribution in [3.05, 3.63) is 33.8 Å². The van der Waals surface area contributed by atoms with Crippen molar-refractivity contribution in [2.24, 2.45) is 31.8 Å². The van der Waals surface area contributed by atoms with Crippen LogP contribution in [-0.4, -0.2) is 90.7 Å². The summed E-state index contributed by atoms with van der Waals surface area (Å²) in [6.07, 6.45) is 5.89. The first-order valence-corrected chi connectivity index (χ1v) is 12.8. The van der Waals surface area contributed by atoms with E-state index in [2.05, 4.69) is 25.1 Å². The second kappa shape index (κ2) is 10.3. The third-order valence-corrected chi connectivity index (χ3v) is 7.79. The minimum atomic E-state index is -0.211. The maximum atomic E-state index is 9.29. The van der Waals surface area contributed by atoms with E-state index in [1.54, 1.807) is 12.4 Å². The number of aliphatic hydroxyl groups is 1. The van der Waals surface area contributed by atoms with Crippen LogP contribution < -0.4 is 5.32 Å². The molecule has 2 unspecified atom stereocenters. The van der Waals surface area contributed by atoms with Crippen molar-refractivity contribution in [2.45, 2.75) is 37.9 Å². The predicted octanol–water partition coefficient (Wildman–Crippen LogP) is 2.90. The zero-order chi connectivity index (χ0) is 23.7. The highest BCUT2D eigenvalue weighted by Gasteiger charge is 2.40. The first-order valence-electron chi connectivity index (χ1n) is 12.0. The molecule has 0 aromatic heterocycles. The van der Waals surface area contributed by atoms with Gasteiger partial charge in [0.05, 0.1) is 12.6 Å². The van der Waals surface area contributed by atoms with Gasteiger partial charge in [0.25, 0.3) is 0 Å². The molecule has 2 fully saturated rings. The lowest BCUT2D eigenvalue weighted by atomic mass is 9.80. The number of benzene rings is 1. The summed E-state index contributed by atoms with van der Waals surface area (Å²) in [5, 5.41) is 14.0. The average Bonchev–Trinajstić information content (AvgIpc) is 2.78. The molecule has 1 aromatic rings. The van der Waals surface area contributed by atoms with Crippen LogP contribution in [0.25, 0.3) is 0 Å². The molecule has 4 aliphatic heterocycles. The van der Waals surface area contributed by atoms with Gasteiger partial charge in [0, 0.05) is 42.4 Å². The van der Waals surface area contributed by atoms with Gasteiger partial charge in [0.2, 0.25) is 0 Å². The van der Waals surface area contributed by atoms with Crippen LogP contribution in [0.15, 0.2) is 38.2 Å². The second-order valence-electron chi connectivity index (χ2n) is 9.52. The van der Waals surface area contributed by atoms with Gasteiger partial charge in [-0.3, -0.25) is 9.98 Å². The molecule has 0 bridgehead atoms. The maximum Gasteiger partial charge on any atom is 0.200 e. The summed E-state index contributed by atoms with van der Waals surface area (Å²) in [6.45, 7) is 7.17. The fourth-order valence-corrected chi connectivity index (χ4v) is 5.86. The number of aliphatic hydroxyl groups excluding tert-OH is 1. The number of fused-ring (bicyclic) bond motifs is 1. The van der Waals surface area contributed by atoms with Gasteiger partial charge in [-0.25, -0.2) is 9.98 Å². The number of halogens is 2. The van der Waals surface area contributed by atoms with Crippen molar-refractivity contribution in [1.29, 1.82) is 0 Å². The number of amidine groups is 1. The number of hydrogen-bond acceptors (Lipinski definition) is 7. The Morgan fingerprint density at radius 1 is 1.24 bits per heavy atom. The number of β-amino-alcohol motifs (C(OH)–C–C–N with tert-alkyl or cyclic N) is 1. The molecule has 0 aliphatic carbocycles. The van der Waals surface area contributed by atoms with Gasteiger partial charge in [-0.2, -0.15) is 0 Å². The Bertz CT molecular complexity index is 1020. The summed E-state index contributed by atoms with van der Waals surface area (Å²) in [4.78, 5) is 23.3. The van der Waals surface area contributed by atoms with Crippen LogP contribution in [0.4, 0.5) is 0 Å². The molecule has 10 heteroatoms. The third-order valence-electron chi connectivity index (χ3n) is 7.23. The normalized spacial score (nSPS) is 29.4. The van der Waals surface area contributed by atoms with Crippen molar-refractivity contribution in [2.75, 3.05) is 39.3 Å². The molecular weight excluding hydrogens is 473 g/mol. The van der Waals surface area contributed by atoms with Crippen molar-refractivity contribution in [3.8, 4) is 0 Å². The van der Waals surface area contributed by atoms with Crippen LogP contribution in [0.1, 0.15) is 31.4 Å².